The van der Waals surface area contributed by atoms with Gasteiger partial charge in [-0.15, -0.1) is 10.2 Å². The quantitative estimate of drug-likeness (QED) is 0.614. The van der Waals surface area contributed by atoms with Crippen LogP contribution in [-0.4, -0.2) is 81.4 Å². The fourth-order valence-corrected chi connectivity index (χ4v) is 4.99. The number of rotatable bonds is 4. The van der Waals surface area contributed by atoms with Gasteiger partial charge in [-0.3, -0.25) is 9.69 Å². The molecule has 2 fully saturated rings. The molecule has 2 aliphatic rings. The molecule has 8 heteroatoms. The van der Waals surface area contributed by atoms with Gasteiger partial charge >= 0.3 is 0 Å². The van der Waals surface area contributed by atoms with Crippen molar-refractivity contribution >= 4 is 16.9 Å². The van der Waals surface area contributed by atoms with Gasteiger partial charge < -0.3 is 19.7 Å². The summed E-state index contributed by atoms with van der Waals surface area (Å²) in [6, 6.07) is 9.30. The summed E-state index contributed by atoms with van der Waals surface area (Å²) in [6.45, 7) is 10.2. The molecule has 2 atom stereocenters. The Bertz CT molecular complexity index is 1170. The monoisotopic (exact) mass is 433 g/mol. The molecule has 166 valence electrons. The molecule has 1 unspecified atom stereocenters. The van der Waals surface area contributed by atoms with Crippen LogP contribution in [0.25, 0.3) is 22.3 Å². The second-order valence-corrected chi connectivity index (χ2v) is 8.44. The SMILES string of the molecule is C=CC(=O)N1CC(N2CCOCC2)[C@@H](c2[nH]c3nnc(-c4ccccc4O)cc3c2C)C1. The molecule has 0 spiro atoms. The molecule has 2 N–H and O–H groups in total. The van der Waals surface area contributed by atoms with E-state index in [0.717, 1.165) is 29.7 Å². The first-order valence-electron chi connectivity index (χ1n) is 10.9. The van der Waals surface area contributed by atoms with Crippen LogP contribution in [-0.2, 0) is 9.53 Å². The lowest BCUT2D eigenvalue weighted by molar-refractivity contribution is -0.125. The van der Waals surface area contributed by atoms with E-state index in [1.165, 1.54) is 6.08 Å². The van der Waals surface area contributed by atoms with Gasteiger partial charge in [-0.05, 0) is 36.8 Å². The van der Waals surface area contributed by atoms with E-state index in [0.29, 0.717) is 43.2 Å². The van der Waals surface area contributed by atoms with Crippen LogP contribution >= 0.6 is 0 Å². The number of nitrogens with one attached hydrogen (secondary N) is 1. The van der Waals surface area contributed by atoms with Crippen molar-refractivity contribution in [2.24, 2.45) is 0 Å². The molecule has 1 aromatic carbocycles. The number of likely N-dealkylation sites (tertiary alicyclic amines) is 1. The van der Waals surface area contributed by atoms with Crippen molar-refractivity contribution in [3.8, 4) is 17.0 Å². The van der Waals surface area contributed by atoms with Crippen LogP contribution < -0.4 is 0 Å². The zero-order valence-corrected chi connectivity index (χ0v) is 18.1. The molecule has 2 aromatic heterocycles. The molecule has 5 rings (SSSR count). The van der Waals surface area contributed by atoms with Crippen LogP contribution in [0.1, 0.15) is 17.2 Å². The first-order valence-corrected chi connectivity index (χ1v) is 10.9. The number of carbonyl (C=O) groups is 1. The van der Waals surface area contributed by atoms with E-state index >= 15 is 0 Å². The van der Waals surface area contributed by atoms with Gasteiger partial charge in [-0.1, -0.05) is 18.7 Å². The minimum atomic E-state index is -0.0406. The van der Waals surface area contributed by atoms with Crippen LogP contribution in [0.15, 0.2) is 43.0 Å². The molecule has 2 aliphatic heterocycles. The van der Waals surface area contributed by atoms with Crippen molar-refractivity contribution in [3.05, 3.63) is 54.2 Å². The summed E-state index contributed by atoms with van der Waals surface area (Å²) in [5.41, 5.74) is 4.18. The first kappa shape index (κ1) is 20.7. The molecule has 0 saturated carbocycles. The zero-order valence-electron chi connectivity index (χ0n) is 18.1. The van der Waals surface area contributed by atoms with Gasteiger partial charge in [-0.25, -0.2) is 0 Å². The second-order valence-electron chi connectivity index (χ2n) is 8.44. The number of para-hydroxylation sites is 1. The van der Waals surface area contributed by atoms with Crippen molar-refractivity contribution in [1.82, 2.24) is 25.0 Å². The highest BCUT2D eigenvalue weighted by Crippen LogP contribution is 2.37. The summed E-state index contributed by atoms with van der Waals surface area (Å²) >= 11 is 0. The minimum Gasteiger partial charge on any atom is -0.507 e. The van der Waals surface area contributed by atoms with Gasteiger partial charge in [0, 0.05) is 54.8 Å². The largest absolute Gasteiger partial charge is 0.507 e. The zero-order chi connectivity index (χ0) is 22.2. The number of phenolic OH excluding ortho intramolecular Hbond substituents is 1. The number of amides is 1. The number of carbonyl (C=O) groups excluding carboxylic acids is 1. The van der Waals surface area contributed by atoms with Gasteiger partial charge in [0.25, 0.3) is 0 Å². The molecule has 0 aliphatic carbocycles. The van der Waals surface area contributed by atoms with E-state index in [-0.39, 0.29) is 23.6 Å². The van der Waals surface area contributed by atoms with Gasteiger partial charge in [0.15, 0.2) is 5.65 Å². The number of ether oxygens (including phenoxy) is 1. The Balaban J connectivity index is 1.54. The highest BCUT2D eigenvalue weighted by Gasteiger charge is 2.41. The predicted molar refractivity (Wildman–Crippen MR) is 121 cm³/mol. The third-order valence-corrected chi connectivity index (χ3v) is 6.70. The van der Waals surface area contributed by atoms with Gasteiger partial charge in [-0.2, -0.15) is 0 Å². The maximum Gasteiger partial charge on any atom is 0.246 e. The molecule has 0 bridgehead atoms. The minimum absolute atomic E-state index is 0.0406. The number of H-pyrrole nitrogens is 1. The van der Waals surface area contributed by atoms with E-state index in [1.54, 1.807) is 12.1 Å². The van der Waals surface area contributed by atoms with Crippen molar-refractivity contribution in [2.45, 2.75) is 18.9 Å². The van der Waals surface area contributed by atoms with Gasteiger partial charge in [0.1, 0.15) is 5.75 Å². The highest BCUT2D eigenvalue weighted by atomic mass is 16.5. The Kier molecular flexibility index (Phi) is 5.40. The Morgan fingerprint density at radius 1 is 1.25 bits per heavy atom. The van der Waals surface area contributed by atoms with E-state index in [4.69, 9.17) is 4.74 Å². The number of morpholine rings is 1. The number of aryl methyl sites for hydroxylation is 1. The molecule has 0 radical (unpaired) electrons. The lowest BCUT2D eigenvalue weighted by Crippen LogP contribution is -2.47. The number of nitrogens with zero attached hydrogens (tertiary/aromatic N) is 4. The van der Waals surface area contributed by atoms with E-state index in [2.05, 4.69) is 33.6 Å². The maximum absolute atomic E-state index is 12.4. The van der Waals surface area contributed by atoms with Crippen molar-refractivity contribution in [3.63, 3.8) is 0 Å². The molecule has 4 heterocycles. The normalized spacial score (nSPS) is 21.8. The molecular formula is C24H27N5O3. The fourth-order valence-electron chi connectivity index (χ4n) is 4.99. The van der Waals surface area contributed by atoms with E-state index in [9.17, 15) is 9.90 Å². The lowest BCUT2D eigenvalue weighted by Gasteiger charge is -2.34. The molecular weight excluding hydrogens is 406 g/mol. The summed E-state index contributed by atoms with van der Waals surface area (Å²) < 4.78 is 5.55. The van der Waals surface area contributed by atoms with Gasteiger partial charge in [0.2, 0.25) is 5.91 Å². The van der Waals surface area contributed by atoms with Crippen molar-refractivity contribution < 1.29 is 14.6 Å². The Morgan fingerprint density at radius 3 is 2.78 bits per heavy atom. The predicted octanol–water partition coefficient (Wildman–Crippen LogP) is 2.45. The number of aromatic hydroxyl groups is 1. The molecule has 3 aromatic rings. The average Bonchev–Trinajstić information content (AvgIpc) is 3.41. The lowest BCUT2D eigenvalue weighted by atomic mass is 9.94. The molecule has 1 amide bonds. The van der Waals surface area contributed by atoms with Crippen LogP contribution in [0.5, 0.6) is 5.75 Å². The number of hydrogen-bond donors (Lipinski definition) is 2. The smallest absolute Gasteiger partial charge is 0.246 e. The third kappa shape index (κ3) is 3.55. The first-order chi connectivity index (χ1) is 15.6. The van der Waals surface area contributed by atoms with Crippen molar-refractivity contribution in [1.29, 1.82) is 0 Å². The topological polar surface area (TPSA) is 94.6 Å². The Labute approximate surface area is 186 Å². The van der Waals surface area contributed by atoms with Gasteiger partial charge in [0.05, 0.1) is 18.9 Å². The van der Waals surface area contributed by atoms with Crippen LogP contribution in [0.2, 0.25) is 0 Å². The van der Waals surface area contributed by atoms with Crippen LogP contribution in [0, 0.1) is 6.92 Å². The number of fused-ring (bicyclic) bond motifs is 1. The number of aromatic amines is 1. The number of phenols is 1. The van der Waals surface area contributed by atoms with E-state index in [1.807, 2.05) is 23.1 Å². The number of hydrogen-bond acceptors (Lipinski definition) is 6. The number of aromatic nitrogens is 3. The van der Waals surface area contributed by atoms with Crippen molar-refractivity contribution in [2.75, 3.05) is 39.4 Å². The Morgan fingerprint density at radius 2 is 2.03 bits per heavy atom. The molecule has 8 nitrogen and oxygen atoms in total. The second kappa shape index (κ2) is 8.37. The maximum atomic E-state index is 12.4. The third-order valence-electron chi connectivity index (χ3n) is 6.70. The summed E-state index contributed by atoms with van der Waals surface area (Å²) in [6.07, 6.45) is 1.39. The summed E-state index contributed by atoms with van der Waals surface area (Å²) in [5, 5.41) is 20.0. The van der Waals surface area contributed by atoms with E-state index < -0.39 is 0 Å². The molecule has 2 saturated heterocycles. The van der Waals surface area contributed by atoms with Crippen LogP contribution in [0.4, 0.5) is 0 Å². The van der Waals surface area contributed by atoms with Crippen LogP contribution in [0.3, 0.4) is 0 Å². The molecule has 32 heavy (non-hydrogen) atoms. The standard InChI is InChI=1S/C24H27N5O3/c1-3-22(31)29-13-18(20(14-29)28-8-10-32-11-9-28)23-15(2)17-12-19(26-27-24(17)25-23)16-6-4-5-7-21(16)30/h3-7,12,18,20,30H,1,8-11,13-14H2,2H3,(H,25,27)/t18-,20?/m0/s1. The summed E-state index contributed by atoms with van der Waals surface area (Å²) in [7, 11) is 0. The number of benzene rings is 1. The Hall–Kier alpha value is -3.23. The highest BCUT2D eigenvalue weighted by molar-refractivity contribution is 5.88. The fraction of sp³-hybridized carbons (Fsp3) is 0.375. The average molecular weight is 434 g/mol. The summed E-state index contributed by atoms with van der Waals surface area (Å²) in [5.74, 6) is 0.261. The summed E-state index contributed by atoms with van der Waals surface area (Å²) in [4.78, 5) is 20.2.